The Hall–Kier alpha value is -3.32. The number of carbonyl (C=O) groups is 2. The van der Waals surface area contributed by atoms with Gasteiger partial charge >= 0.3 is 6.18 Å². The number of ether oxygens (including phenoxy) is 1. The minimum absolute atomic E-state index is 0.000685. The van der Waals surface area contributed by atoms with Crippen LogP contribution < -0.4 is 26.6 Å². The molecule has 0 aliphatic carbocycles. The number of carboxylic acid groups (broad SMARTS) is 1. The lowest BCUT2D eigenvalue weighted by Crippen LogP contribution is -2.54. The van der Waals surface area contributed by atoms with Crippen LogP contribution in [0.25, 0.3) is 0 Å². The van der Waals surface area contributed by atoms with Gasteiger partial charge in [-0.2, -0.15) is 13.2 Å². The number of anilines is 2. The second-order valence-corrected chi connectivity index (χ2v) is 9.38. The van der Waals surface area contributed by atoms with Gasteiger partial charge in [-0.15, -0.1) is 0 Å². The Morgan fingerprint density at radius 1 is 1.16 bits per heavy atom. The van der Waals surface area contributed by atoms with Gasteiger partial charge in [-0.25, -0.2) is 9.97 Å². The molecule has 10 nitrogen and oxygen atoms in total. The number of quaternary nitrogens is 1. The van der Waals surface area contributed by atoms with Gasteiger partial charge in [0.05, 0.1) is 34.3 Å². The highest BCUT2D eigenvalue weighted by molar-refractivity contribution is 6.31. The van der Waals surface area contributed by atoms with Crippen molar-refractivity contribution >= 4 is 35.1 Å². The fraction of sp³-hybridized carbons (Fsp3) is 0.500. The van der Waals surface area contributed by atoms with Crippen molar-refractivity contribution in [3.8, 4) is 5.75 Å². The third-order valence-electron chi connectivity index (χ3n) is 5.82. The minimum atomic E-state index is -5.19. The fourth-order valence-corrected chi connectivity index (χ4v) is 3.73. The Balaban J connectivity index is 0.000000905. The van der Waals surface area contributed by atoms with Crippen molar-refractivity contribution in [2.24, 2.45) is 0 Å². The van der Waals surface area contributed by atoms with Crippen LogP contribution in [0.1, 0.15) is 42.2 Å². The molecule has 1 amide bonds. The molecule has 0 aliphatic rings. The molecule has 5 N–H and O–H groups in total. The van der Waals surface area contributed by atoms with E-state index in [0.29, 0.717) is 6.54 Å². The summed E-state index contributed by atoms with van der Waals surface area (Å²) in [5.41, 5.74) is 12.7. The summed E-state index contributed by atoms with van der Waals surface area (Å²) >= 11 is 5.90. The summed E-state index contributed by atoms with van der Waals surface area (Å²) in [5.74, 6) is -2.56. The Kier molecular flexibility index (Phi) is 12.5. The number of hydrogen-bond donors (Lipinski definition) is 3. The number of aliphatic carboxylic acids is 1. The average Bonchev–Trinajstić information content (AvgIpc) is 2.83. The number of halogens is 4. The fourth-order valence-electron chi connectivity index (χ4n) is 3.60. The summed E-state index contributed by atoms with van der Waals surface area (Å²) in [7, 11) is 6.08. The van der Waals surface area contributed by atoms with E-state index >= 15 is 0 Å². The summed E-state index contributed by atoms with van der Waals surface area (Å²) in [6.45, 7) is 3.64. The van der Waals surface area contributed by atoms with Crippen molar-refractivity contribution in [2.45, 2.75) is 44.8 Å². The summed E-state index contributed by atoms with van der Waals surface area (Å²) in [5, 5.41) is 11.7. The maximum Gasteiger partial charge on any atom is 0.430 e. The van der Waals surface area contributed by atoms with Crippen LogP contribution >= 0.6 is 11.6 Å². The maximum absolute atomic E-state index is 12.6. The highest BCUT2D eigenvalue weighted by Gasteiger charge is 2.29. The normalized spacial score (nSPS) is 12.2. The number of nitrogens with one attached hydrogen (secondary N) is 1. The second-order valence-electron chi connectivity index (χ2n) is 9.03. The van der Waals surface area contributed by atoms with Gasteiger partial charge < -0.3 is 35.9 Å². The molecular formula is C24H34ClF3N6O4. The van der Waals surface area contributed by atoms with E-state index in [1.54, 1.807) is 7.11 Å². The van der Waals surface area contributed by atoms with Crippen molar-refractivity contribution in [2.75, 3.05) is 45.8 Å². The zero-order valence-electron chi connectivity index (χ0n) is 21.8. The molecule has 2 rings (SSSR count). The molecular weight excluding hydrogens is 529 g/mol. The number of rotatable bonds is 11. The largest absolute Gasteiger partial charge is 0.542 e. The molecule has 0 bridgehead atoms. The van der Waals surface area contributed by atoms with Crippen LogP contribution in [-0.2, 0) is 11.2 Å². The Morgan fingerprint density at radius 2 is 1.74 bits per heavy atom. The number of benzene rings is 1. The predicted octanol–water partition coefficient (Wildman–Crippen LogP) is 2.21. The number of methoxy groups -OCH3 is 1. The number of nitrogens with zero attached hydrogens (tertiary/aromatic N) is 3. The summed E-state index contributed by atoms with van der Waals surface area (Å²) in [6, 6.07) is 8.44. The highest BCUT2D eigenvalue weighted by atomic mass is 35.5. The SMILES string of the molecule is CCC[C@@H](CNC(=O)c1nc(Cl)c(N)nc1N)[N+](C)(C)CCCc1ccc(OC)cc1.O=C([O-])C(F)(F)F. The number of amides is 1. The standard InChI is InChI=1S/C22H33ClN6O2.C2HF3O2/c1-5-7-16(14-26-22(30)18-20(24)28-21(25)19(23)27-18)29(2,3)13-6-8-15-9-11-17(31-4)12-10-15;3-2(4,5)1(6)7/h9-12,16H,5-8,13-14H2,1-4H3,(H4-,24,25,26,28,30);(H,6,7)/t16-;/m0./s1. The number of carboxylic acids is 1. The summed E-state index contributed by atoms with van der Waals surface area (Å²) in [6.07, 6.45) is -1.15. The quantitative estimate of drug-likeness (QED) is 0.352. The molecule has 14 heteroatoms. The van der Waals surface area contributed by atoms with E-state index in [4.69, 9.17) is 37.7 Å². The van der Waals surface area contributed by atoms with Gasteiger partial charge in [0.2, 0.25) is 0 Å². The predicted molar refractivity (Wildman–Crippen MR) is 136 cm³/mol. The summed E-state index contributed by atoms with van der Waals surface area (Å²) < 4.78 is 37.6. The smallest absolute Gasteiger partial charge is 0.430 e. The first kappa shape index (κ1) is 32.7. The number of nitrogens with two attached hydrogens (primary N) is 2. The number of aromatic nitrogens is 2. The first-order chi connectivity index (χ1) is 17.6. The van der Waals surface area contributed by atoms with Crippen LogP contribution in [-0.4, -0.2) is 72.8 Å². The van der Waals surface area contributed by atoms with E-state index in [2.05, 4.69) is 48.4 Å². The van der Waals surface area contributed by atoms with Crippen LogP contribution in [0.5, 0.6) is 5.75 Å². The number of alkyl halides is 3. The van der Waals surface area contributed by atoms with E-state index in [0.717, 1.165) is 42.5 Å². The molecule has 0 aliphatic heterocycles. The number of hydrogen-bond acceptors (Lipinski definition) is 8. The van der Waals surface area contributed by atoms with Crippen LogP contribution in [0.3, 0.4) is 0 Å². The van der Waals surface area contributed by atoms with Gasteiger partial charge in [0.1, 0.15) is 17.8 Å². The molecule has 0 spiro atoms. The van der Waals surface area contributed by atoms with Crippen molar-refractivity contribution < 1.29 is 37.1 Å². The number of carbonyl (C=O) groups excluding carboxylic acids is 2. The zero-order valence-corrected chi connectivity index (χ0v) is 22.5. The van der Waals surface area contributed by atoms with Gasteiger partial charge in [0.15, 0.2) is 22.5 Å². The topological polar surface area (TPSA) is 156 Å². The number of likely N-dealkylation sites (N-methyl/N-ethyl adjacent to an activating group) is 1. The molecule has 1 aromatic carbocycles. The molecule has 0 saturated carbocycles. The lowest BCUT2D eigenvalue weighted by atomic mass is 10.1. The molecule has 1 atom stereocenters. The third kappa shape index (κ3) is 10.6. The van der Waals surface area contributed by atoms with Crippen molar-refractivity contribution in [3.63, 3.8) is 0 Å². The van der Waals surface area contributed by atoms with Gasteiger partial charge in [0.25, 0.3) is 5.91 Å². The Bertz CT molecular complexity index is 1070. The van der Waals surface area contributed by atoms with E-state index in [1.807, 2.05) is 12.1 Å². The molecule has 0 radical (unpaired) electrons. The first-order valence-electron chi connectivity index (χ1n) is 11.7. The lowest BCUT2D eigenvalue weighted by Gasteiger charge is -2.38. The molecule has 0 saturated heterocycles. The van der Waals surface area contributed by atoms with Gasteiger partial charge in [-0.05, 0) is 24.1 Å². The maximum atomic E-state index is 12.6. The lowest BCUT2D eigenvalue weighted by molar-refractivity contribution is -0.914. The molecule has 2 aromatic rings. The molecule has 1 aromatic heterocycles. The van der Waals surface area contributed by atoms with Gasteiger partial charge in [-0.3, -0.25) is 4.79 Å². The molecule has 0 unspecified atom stereocenters. The van der Waals surface area contributed by atoms with Crippen LogP contribution in [0.2, 0.25) is 5.15 Å². The van der Waals surface area contributed by atoms with Crippen LogP contribution in [0.15, 0.2) is 24.3 Å². The van der Waals surface area contributed by atoms with E-state index < -0.39 is 18.1 Å². The van der Waals surface area contributed by atoms with Crippen LogP contribution in [0, 0.1) is 0 Å². The van der Waals surface area contributed by atoms with Gasteiger partial charge in [0, 0.05) is 12.8 Å². The molecule has 38 heavy (non-hydrogen) atoms. The molecule has 212 valence electrons. The van der Waals surface area contributed by atoms with Crippen molar-refractivity contribution in [1.82, 2.24) is 15.3 Å². The van der Waals surface area contributed by atoms with Gasteiger partial charge in [-0.1, -0.05) is 37.1 Å². The highest BCUT2D eigenvalue weighted by Crippen LogP contribution is 2.19. The number of nitrogen functional groups attached to an aromatic ring is 2. The Labute approximate surface area is 224 Å². The Morgan fingerprint density at radius 3 is 2.24 bits per heavy atom. The minimum Gasteiger partial charge on any atom is -0.542 e. The third-order valence-corrected chi connectivity index (χ3v) is 6.10. The number of aryl methyl sites for hydroxylation is 1. The molecule has 1 heterocycles. The van der Waals surface area contributed by atoms with Crippen molar-refractivity contribution in [1.29, 1.82) is 0 Å². The van der Waals surface area contributed by atoms with E-state index in [1.165, 1.54) is 5.56 Å². The summed E-state index contributed by atoms with van der Waals surface area (Å²) in [4.78, 5) is 29.2. The second kappa shape index (κ2) is 14.6. The molecule has 0 fully saturated rings. The average molecular weight is 563 g/mol. The zero-order chi connectivity index (χ0) is 29.1. The van der Waals surface area contributed by atoms with Crippen LogP contribution in [0.4, 0.5) is 24.8 Å². The van der Waals surface area contributed by atoms with E-state index in [-0.39, 0.29) is 28.5 Å². The van der Waals surface area contributed by atoms with E-state index in [9.17, 15) is 18.0 Å². The van der Waals surface area contributed by atoms with Crippen molar-refractivity contribution in [3.05, 3.63) is 40.7 Å². The monoisotopic (exact) mass is 562 g/mol. The first-order valence-corrected chi connectivity index (χ1v) is 12.1.